The number of halogens is 3. The lowest BCUT2D eigenvalue weighted by atomic mass is 10.2. The quantitative estimate of drug-likeness (QED) is 0.907. The van der Waals surface area contributed by atoms with Crippen LogP contribution in [0.25, 0.3) is 0 Å². The Labute approximate surface area is 113 Å². The summed E-state index contributed by atoms with van der Waals surface area (Å²) in [7, 11) is 0. The number of amides is 1. The number of nitrogens with zero attached hydrogens (tertiary/aromatic N) is 2. The van der Waals surface area contributed by atoms with Crippen molar-refractivity contribution >= 4 is 5.91 Å². The van der Waals surface area contributed by atoms with E-state index < -0.39 is 18.7 Å². The molecule has 1 fully saturated rings. The topological polar surface area (TPSA) is 68.5 Å². The van der Waals surface area contributed by atoms with Gasteiger partial charge in [0.05, 0.1) is 0 Å². The second kappa shape index (κ2) is 5.66. The molecule has 5 nitrogen and oxygen atoms in total. The summed E-state index contributed by atoms with van der Waals surface area (Å²) in [5.74, 6) is -0.724. The lowest BCUT2D eigenvalue weighted by Crippen LogP contribution is -2.32. The fraction of sp³-hybridized carbons (Fsp3) is 0.500. The zero-order valence-corrected chi connectivity index (χ0v) is 10.6. The first-order valence-electron chi connectivity index (χ1n) is 6.06. The fourth-order valence-electron chi connectivity index (χ4n) is 1.96. The normalized spacial score (nSPS) is 19.2. The highest BCUT2D eigenvalue weighted by Crippen LogP contribution is 2.22. The lowest BCUT2D eigenvalue weighted by molar-refractivity contribution is -0.154. The SMILES string of the molecule is N[C@@H]1CCN(C(=O)c2cccnc2OCC(F)(F)F)C1. The first-order chi connectivity index (χ1) is 9.37. The Hall–Kier alpha value is -1.83. The van der Waals surface area contributed by atoms with Crippen LogP contribution in [0.5, 0.6) is 5.88 Å². The molecule has 0 spiro atoms. The number of rotatable bonds is 3. The summed E-state index contributed by atoms with van der Waals surface area (Å²) >= 11 is 0. The maximum absolute atomic E-state index is 12.2. The number of ether oxygens (including phenoxy) is 1. The van der Waals surface area contributed by atoms with Crippen molar-refractivity contribution in [3.05, 3.63) is 23.9 Å². The van der Waals surface area contributed by atoms with Crippen LogP contribution in [0.3, 0.4) is 0 Å². The predicted molar refractivity (Wildman–Crippen MR) is 64.3 cm³/mol. The van der Waals surface area contributed by atoms with Gasteiger partial charge in [0, 0.05) is 25.3 Å². The molecule has 0 saturated carbocycles. The zero-order chi connectivity index (χ0) is 14.8. The number of hydrogen-bond acceptors (Lipinski definition) is 4. The van der Waals surface area contributed by atoms with Crippen molar-refractivity contribution in [2.45, 2.75) is 18.6 Å². The largest absolute Gasteiger partial charge is 0.467 e. The molecule has 2 N–H and O–H groups in total. The van der Waals surface area contributed by atoms with Crippen molar-refractivity contribution in [2.75, 3.05) is 19.7 Å². The number of nitrogens with two attached hydrogens (primary N) is 1. The van der Waals surface area contributed by atoms with Gasteiger partial charge in [0.15, 0.2) is 6.61 Å². The average Bonchev–Trinajstić information content (AvgIpc) is 2.82. The van der Waals surface area contributed by atoms with Crippen LogP contribution in [0.1, 0.15) is 16.8 Å². The van der Waals surface area contributed by atoms with Crippen LogP contribution in [-0.2, 0) is 0 Å². The molecule has 1 aromatic rings. The summed E-state index contributed by atoms with van der Waals surface area (Å²) in [6, 6.07) is 2.77. The molecule has 8 heteroatoms. The van der Waals surface area contributed by atoms with E-state index in [0.29, 0.717) is 19.5 Å². The molecule has 110 valence electrons. The zero-order valence-electron chi connectivity index (χ0n) is 10.6. The Balaban J connectivity index is 2.13. The van der Waals surface area contributed by atoms with Crippen molar-refractivity contribution in [3.8, 4) is 5.88 Å². The number of carbonyl (C=O) groups excluding carboxylic acids is 1. The minimum Gasteiger partial charge on any atom is -0.467 e. The van der Waals surface area contributed by atoms with Gasteiger partial charge < -0.3 is 15.4 Å². The van der Waals surface area contributed by atoms with Crippen LogP contribution in [0, 0.1) is 0 Å². The molecule has 2 rings (SSSR count). The first-order valence-corrected chi connectivity index (χ1v) is 6.06. The molecule has 0 unspecified atom stereocenters. The van der Waals surface area contributed by atoms with Crippen LogP contribution in [0.2, 0.25) is 0 Å². The van der Waals surface area contributed by atoms with Crippen molar-refractivity contribution < 1.29 is 22.7 Å². The van der Waals surface area contributed by atoms with Gasteiger partial charge in [-0.15, -0.1) is 0 Å². The minimum absolute atomic E-state index is 0.0193. The molecule has 1 aliphatic heterocycles. The minimum atomic E-state index is -4.48. The number of alkyl halides is 3. The van der Waals surface area contributed by atoms with Gasteiger partial charge in [-0.25, -0.2) is 4.98 Å². The summed E-state index contributed by atoms with van der Waals surface area (Å²) in [5, 5.41) is 0. The molecule has 0 aliphatic carbocycles. The summed E-state index contributed by atoms with van der Waals surface area (Å²) in [6.07, 6.45) is -2.53. The molecular formula is C12H14F3N3O2. The summed E-state index contributed by atoms with van der Waals surface area (Å²) in [4.78, 5) is 17.4. The second-order valence-corrected chi connectivity index (χ2v) is 4.56. The van der Waals surface area contributed by atoms with Gasteiger partial charge in [-0.1, -0.05) is 0 Å². The molecule has 1 atom stereocenters. The Morgan fingerprint density at radius 1 is 1.55 bits per heavy atom. The number of carbonyl (C=O) groups is 1. The van der Waals surface area contributed by atoms with Gasteiger partial charge in [-0.2, -0.15) is 13.2 Å². The fourth-order valence-corrected chi connectivity index (χ4v) is 1.96. The highest BCUT2D eigenvalue weighted by atomic mass is 19.4. The second-order valence-electron chi connectivity index (χ2n) is 4.56. The van der Waals surface area contributed by atoms with E-state index >= 15 is 0 Å². The lowest BCUT2D eigenvalue weighted by Gasteiger charge is -2.17. The maximum Gasteiger partial charge on any atom is 0.422 e. The highest BCUT2D eigenvalue weighted by molar-refractivity contribution is 5.96. The Morgan fingerprint density at radius 3 is 2.90 bits per heavy atom. The Bertz CT molecular complexity index is 493. The van der Waals surface area contributed by atoms with Crippen LogP contribution >= 0.6 is 0 Å². The van der Waals surface area contributed by atoms with Crippen molar-refractivity contribution in [2.24, 2.45) is 5.73 Å². The van der Waals surface area contributed by atoms with E-state index in [0.717, 1.165) is 0 Å². The van der Waals surface area contributed by atoms with Crippen molar-refractivity contribution in [1.29, 1.82) is 0 Å². The number of aromatic nitrogens is 1. The monoisotopic (exact) mass is 289 g/mol. The van der Waals surface area contributed by atoms with Gasteiger partial charge in [0.1, 0.15) is 5.56 Å². The average molecular weight is 289 g/mol. The molecule has 0 aromatic carbocycles. The van der Waals surface area contributed by atoms with Gasteiger partial charge in [-0.3, -0.25) is 4.79 Å². The Kier molecular flexibility index (Phi) is 4.12. The molecule has 2 heterocycles. The van der Waals surface area contributed by atoms with Gasteiger partial charge in [0.25, 0.3) is 5.91 Å². The molecule has 1 amide bonds. The van der Waals surface area contributed by atoms with Crippen LogP contribution < -0.4 is 10.5 Å². The van der Waals surface area contributed by atoms with E-state index in [-0.39, 0.29) is 17.5 Å². The van der Waals surface area contributed by atoms with Gasteiger partial charge >= 0.3 is 6.18 Å². The molecule has 20 heavy (non-hydrogen) atoms. The van der Waals surface area contributed by atoms with Gasteiger partial charge in [-0.05, 0) is 18.6 Å². The van der Waals surface area contributed by atoms with E-state index in [2.05, 4.69) is 9.72 Å². The smallest absolute Gasteiger partial charge is 0.422 e. The Morgan fingerprint density at radius 2 is 2.30 bits per heavy atom. The summed E-state index contributed by atoms with van der Waals surface area (Å²) in [5.41, 5.74) is 5.72. The highest BCUT2D eigenvalue weighted by Gasteiger charge is 2.31. The van der Waals surface area contributed by atoms with E-state index in [1.807, 2.05) is 0 Å². The van der Waals surface area contributed by atoms with Crippen LogP contribution in [0.15, 0.2) is 18.3 Å². The standard InChI is InChI=1S/C12H14F3N3O2/c13-12(14,15)7-20-10-9(2-1-4-17-10)11(19)18-5-3-8(16)6-18/h1-2,4,8H,3,5-7,16H2/t8-/m1/s1. The van der Waals surface area contributed by atoms with Crippen LogP contribution in [0.4, 0.5) is 13.2 Å². The van der Waals surface area contributed by atoms with Crippen molar-refractivity contribution in [3.63, 3.8) is 0 Å². The third kappa shape index (κ3) is 3.60. The molecule has 1 aliphatic rings. The molecule has 0 bridgehead atoms. The number of likely N-dealkylation sites (tertiary alicyclic amines) is 1. The molecule has 0 radical (unpaired) electrons. The summed E-state index contributed by atoms with van der Waals surface area (Å²) in [6.45, 7) is -0.621. The molecule has 1 saturated heterocycles. The first kappa shape index (κ1) is 14.6. The maximum atomic E-state index is 12.2. The third-order valence-electron chi connectivity index (χ3n) is 2.89. The van der Waals surface area contributed by atoms with E-state index in [1.165, 1.54) is 23.2 Å². The summed E-state index contributed by atoms with van der Waals surface area (Å²) < 4.78 is 41.1. The third-order valence-corrected chi connectivity index (χ3v) is 2.89. The molecule has 1 aromatic heterocycles. The number of pyridine rings is 1. The van der Waals surface area contributed by atoms with Crippen LogP contribution in [-0.4, -0.2) is 47.7 Å². The van der Waals surface area contributed by atoms with E-state index in [1.54, 1.807) is 0 Å². The van der Waals surface area contributed by atoms with Gasteiger partial charge in [0.2, 0.25) is 5.88 Å². The predicted octanol–water partition coefficient (Wildman–Crippen LogP) is 1.20. The molecular weight excluding hydrogens is 275 g/mol. The van der Waals surface area contributed by atoms with E-state index in [9.17, 15) is 18.0 Å². The van der Waals surface area contributed by atoms with Crippen molar-refractivity contribution in [1.82, 2.24) is 9.88 Å². The number of hydrogen-bond donors (Lipinski definition) is 1. The van der Waals surface area contributed by atoms with E-state index in [4.69, 9.17) is 5.73 Å².